The van der Waals surface area contributed by atoms with Crippen LogP contribution >= 0.6 is 0 Å². The minimum Gasteiger partial charge on any atom is -0.336 e. The van der Waals surface area contributed by atoms with Gasteiger partial charge in [-0.1, -0.05) is 0 Å². The van der Waals surface area contributed by atoms with Crippen LogP contribution < -0.4 is 10.9 Å². The fourth-order valence-electron chi connectivity index (χ4n) is 1.19. The van der Waals surface area contributed by atoms with Gasteiger partial charge in [-0.2, -0.15) is 0 Å². The fraction of sp³-hybridized carbons (Fsp3) is 0.500. The van der Waals surface area contributed by atoms with Crippen molar-refractivity contribution < 1.29 is 0 Å². The first kappa shape index (κ1) is 5.73. The first-order valence-electron chi connectivity index (χ1n) is 3.35. The second-order valence-electron chi connectivity index (χ2n) is 2.43. The van der Waals surface area contributed by atoms with Crippen molar-refractivity contribution in [3.05, 3.63) is 11.5 Å². The van der Waals surface area contributed by atoms with Gasteiger partial charge in [0, 0.05) is 6.21 Å². The van der Waals surface area contributed by atoms with Crippen molar-refractivity contribution in [1.82, 2.24) is 15.8 Å². The van der Waals surface area contributed by atoms with E-state index in [9.17, 15) is 0 Å². The van der Waals surface area contributed by atoms with Crippen LogP contribution in [0.1, 0.15) is 6.92 Å². The van der Waals surface area contributed by atoms with E-state index in [1.165, 1.54) is 0 Å². The third-order valence-corrected chi connectivity index (χ3v) is 1.72. The standard InChI is InChI=1S/C6H10N4/c1-5-6-9-8-4-10(6)3-2-7-5/h2,8-9H,3-4H2,1H3. The lowest BCUT2D eigenvalue weighted by atomic mass is 10.4. The zero-order chi connectivity index (χ0) is 6.97. The Balaban J connectivity index is 2.32. The minimum atomic E-state index is 0.874. The summed E-state index contributed by atoms with van der Waals surface area (Å²) in [5.41, 5.74) is 7.13. The highest BCUT2D eigenvalue weighted by molar-refractivity contribution is 5.63. The molecule has 0 amide bonds. The summed E-state index contributed by atoms with van der Waals surface area (Å²) in [6.07, 6.45) is 1.92. The minimum absolute atomic E-state index is 0.874. The molecule has 2 rings (SSSR count). The van der Waals surface area contributed by atoms with E-state index in [-0.39, 0.29) is 0 Å². The SMILES string of the molecule is CC1=C2NNCN2CC=N1. The molecule has 0 atom stereocenters. The number of hydrazine groups is 1. The van der Waals surface area contributed by atoms with Gasteiger partial charge in [-0.05, 0) is 6.92 Å². The van der Waals surface area contributed by atoms with Gasteiger partial charge in [0.2, 0.25) is 0 Å². The van der Waals surface area contributed by atoms with Gasteiger partial charge >= 0.3 is 0 Å². The van der Waals surface area contributed by atoms with Crippen LogP contribution in [0.25, 0.3) is 0 Å². The Labute approximate surface area is 59.6 Å². The lowest BCUT2D eigenvalue weighted by molar-refractivity contribution is 0.429. The smallest absolute Gasteiger partial charge is 0.139 e. The average Bonchev–Trinajstić information content (AvgIpc) is 2.36. The third kappa shape index (κ3) is 0.690. The van der Waals surface area contributed by atoms with Crippen molar-refractivity contribution in [3.8, 4) is 0 Å². The van der Waals surface area contributed by atoms with E-state index < -0.39 is 0 Å². The zero-order valence-electron chi connectivity index (χ0n) is 5.89. The molecule has 0 spiro atoms. The molecule has 4 nitrogen and oxygen atoms in total. The Kier molecular flexibility index (Phi) is 1.14. The van der Waals surface area contributed by atoms with Crippen LogP contribution in [0.3, 0.4) is 0 Å². The molecule has 2 aliphatic heterocycles. The number of allylic oxidation sites excluding steroid dienone is 1. The summed E-state index contributed by atoms with van der Waals surface area (Å²) < 4.78 is 0. The molecule has 1 saturated heterocycles. The van der Waals surface area contributed by atoms with Gasteiger partial charge in [-0.15, -0.1) is 0 Å². The topological polar surface area (TPSA) is 39.7 Å². The molecule has 10 heavy (non-hydrogen) atoms. The molecule has 2 aliphatic rings. The lowest BCUT2D eigenvalue weighted by Gasteiger charge is -2.19. The molecule has 0 aromatic rings. The highest BCUT2D eigenvalue weighted by Gasteiger charge is 2.19. The van der Waals surface area contributed by atoms with Gasteiger partial charge in [0.15, 0.2) is 0 Å². The molecule has 2 N–H and O–H groups in total. The Bertz CT molecular complexity index is 206. The lowest BCUT2D eigenvalue weighted by Crippen LogP contribution is -2.26. The quantitative estimate of drug-likeness (QED) is 0.479. The summed E-state index contributed by atoms with van der Waals surface area (Å²) in [5, 5.41) is 0. The van der Waals surface area contributed by atoms with Crippen LogP contribution in [0, 0.1) is 0 Å². The zero-order valence-corrected chi connectivity index (χ0v) is 5.89. The van der Waals surface area contributed by atoms with Gasteiger partial charge < -0.3 is 10.3 Å². The van der Waals surface area contributed by atoms with E-state index in [1.807, 2.05) is 13.1 Å². The van der Waals surface area contributed by atoms with E-state index in [4.69, 9.17) is 0 Å². The second-order valence-corrected chi connectivity index (χ2v) is 2.43. The number of nitrogens with one attached hydrogen (secondary N) is 2. The number of rotatable bonds is 0. The Hall–Kier alpha value is -1.03. The van der Waals surface area contributed by atoms with Crippen molar-refractivity contribution in [2.75, 3.05) is 13.2 Å². The van der Waals surface area contributed by atoms with Crippen LogP contribution in [0.15, 0.2) is 16.5 Å². The normalized spacial score (nSPS) is 23.1. The maximum Gasteiger partial charge on any atom is 0.139 e. The number of nitrogens with zero attached hydrogens (tertiary/aromatic N) is 2. The Morgan fingerprint density at radius 3 is 3.40 bits per heavy atom. The van der Waals surface area contributed by atoms with Crippen molar-refractivity contribution >= 4 is 6.21 Å². The third-order valence-electron chi connectivity index (χ3n) is 1.72. The average molecular weight is 138 g/mol. The van der Waals surface area contributed by atoms with Gasteiger partial charge in [-0.3, -0.25) is 4.99 Å². The summed E-state index contributed by atoms with van der Waals surface area (Å²) in [7, 11) is 0. The molecule has 0 radical (unpaired) electrons. The molecule has 0 bridgehead atoms. The number of aliphatic imine (C=N–C) groups is 1. The van der Waals surface area contributed by atoms with Crippen LogP contribution in [0.4, 0.5) is 0 Å². The molecule has 4 heteroatoms. The summed E-state index contributed by atoms with van der Waals surface area (Å²) in [4.78, 5) is 6.38. The van der Waals surface area contributed by atoms with Crippen LogP contribution in [0.5, 0.6) is 0 Å². The van der Waals surface area contributed by atoms with Crippen LogP contribution in [-0.4, -0.2) is 24.3 Å². The molecular formula is C6H10N4. The van der Waals surface area contributed by atoms with Gasteiger partial charge in [0.05, 0.1) is 18.9 Å². The highest BCUT2D eigenvalue weighted by Crippen LogP contribution is 2.12. The Morgan fingerprint density at radius 1 is 1.70 bits per heavy atom. The maximum atomic E-state index is 4.18. The van der Waals surface area contributed by atoms with Crippen molar-refractivity contribution in [2.24, 2.45) is 4.99 Å². The van der Waals surface area contributed by atoms with Gasteiger partial charge in [0.1, 0.15) is 5.82 Å². The predicted molar refractivity (Wildman–Crippen MR) is 39.0 cm³/mol. The molecule has 54 valence electrons. The van der Waals surface area contributed by atoms with Crippen LogP contribution in [-0.2, 0) is 0 Å². The summed E-state index contributed by atoms with van der Waals surface area (Å²) >= 11 is 0. The fourth-order valence-corrected chi connectivity index (χ4v) is 1.19. The molecule has 0 aromatic heterocycles. The first-order valence-corrected chi connectivity index (χ1v) is 3.35. The predicted octanol–water partition coefficient (Wildman–Crippen LogP) is -0.373. The van der Waals surface area contributed by atoms with Crippen LogP contribution in [0.2, 0.25) is 0 Å². The van der Waals surface area contributed by atoms with E-state index in [0.29, 0.717) is 0 Å². The van der Waals surface area contributed by atoms with E-state index in [2.05, 4.69) is 20.7 Å². The second kappa shape index (κ2) is 1.98. The number of hydrogen-bond acceptors (Lipinski definition) is 4. The Morgan fingerprint density at radius 2 is 2.60 bits per heavy atom. The van der Waals surface area contributed by atoms with E-state index in [1.54, 1.807) is 0 Å². The van der Waals surface area contributed by atoms with Crippen molar-refractivity contribution in [2.45, 2.75) is 6.92 Å². The van der Waals surface area contributed by atoms with E-state index in [0.717, 1.165) is 24.7 Å². The monoisotopic (exact) mass is 138 g/mol. The molecule has 0 aromatic carbocycles. The first-order chi connectivity index (χ1) is 4.88. The molecule has 0 aliphatic carbocycles. The highest BCUT2D eigenvalue weighted by atomic mass is 15.6. The molecule has 1 fully saturated rings. The van der Waals surface area contributed by atoms with Gasteiger partial charge in [0.25, 0.3) is 0 Å². The summed E-state index contributed by atoms with van der Waals surface area (Å²) in [6.45, 7) is 3.78. The van der Waals surface area contributed by atoms with E-state index >= 15 is 0 Å². The molecule has 0 unspecified atom stereocenters. The molecule has 0 saturated carbocycles. The number of fused-ring (bicyclic) bond motifs is 1. The summed E-state index contributed by atoms with van der Waals surface area (Å²) in [5.74, 6) is 1.11. The largest absolute Gasteiger partial charge is 0.336 e. The number of hydrogen-bond donors (Lipinski definition) is 2. The van der Waals surface area contributed by atoms with Crippen molar-refractivity contribution in [1.29, 1.82) is 0 Å². The van der Waals surface area contributed by atoms with Gasteiger partial charge in [-0.25, -0.2) is 5.43 Å². The summed E-state index contributed by atoms with van der Waals surface area (Å²) in [6, 6.07) is 0. The molecular weight excluding hydrogens is 128 g/mol. The van der Waals surface area contributed by atoms with Crippen molar-refractivity contribution in [3.63, 3.8) is 0 Å². The molecule has 2 heterocycles. The maximum absolute atomic E-state index is 4.18.